The largest absolute Gasteiger partial charge is 0.393 e. The maximum atomic E-state index is 15.0. The van der Waals surface area contributed by atoms with Gasteiger partial charge in [-0.3, -0.25) is 24.5 Å². The summed E-state index contributed by atoms with van der Waals surface area (Å²) in [5.41, 5.74) is -0.374. The highest BCUT2D eigenvalue weighted by Crippen LogP contribution is 2.34. The number of benzene rings is 2. The minimum atomic E-state index is -4.13. The van der Waals surface area contributed by atoms with Crippen LogP contribution in [0.15, 0.2) is 30.3 Å². The van der Waals surface area contributed by atoms with Gasteiger partial charge in [0, 0.05) is 35.1 Å². The summed E-state index contributed by atoms with van der Waals surface area (Å²) in [4.78, 5) is 50.6. The van der Waals surface area contributed by atoms with E-state index in [-0.39, 0.29) is 51.3 Å². The molecule has 0 saturated carbocycles. The van der Waals surface area contributed by atoms with Crippen LogP contribution in [-0.2, 0) is 26.9 Å². The summed E-state index contributed by atoms with van der Waals surface area (Å²) in [7, 11) is 22.9. The molecule has 8 radical (unpaired) electrons. The van der Waals surface area contributed by atoms with Crippen LogP contribution in [0.5, 0.6) is 0 Å². The summed E-state index contributed by atoms with van der Waals surface area (Å²) < 4.78 is 29.9. The number of amides is 4. The molecule has 7 nitrogen and oxygen atoms in total. The van der Waals surface area contributed by atoms with Crippen molar-refractivity contribution in [3.05, 3.63) is 57.6 Å². The molecule has 1 N–H and O–H groups in total. The van der Waals surface area contributed by atoms with Crippen molar-refractivity contribution in [2.75, 3.05) is 0 Å². The third-order valence-electron chi connectivity index (χ3n) is 6.18. The van der Waals surface area contributed by atoms with Crippen LogP contribution in [0.25, 0.3) is 0 Å². The van der Waals surface area contributed by atoms with Crippen LogP contribution >= 0.6 is 11.6 Å². The number of imide groups is 1. The van der Waals surface area contributed by atoms with Gasteiger partial charge in [0.15, 0.2) is 0 Å². The number of carbonyl (C=O) groups excluding carboxylic acids is 4. The van der Waals surface area contributed by atoms with E-state index in [0.29, 0.717) is 5.56 Å². The lowest BCUT2D eigenvalue weighted by atomic mass is 9.82. The number of carbonyl (C=O) groups is 4. The minimum absolute atomic E-state index is 0.0268. The quantitative estimate of drug-likeness (QED) is 0.445. The van der Waals surface area contributed by atoms with Gasteiger partial charge < -0.3 is 9.71 Å². The first-order valence-electron chi connectivity index (χ1n) is 10.7. The van der Waals surface area contributed by atoms with E-state index < -0.39 is 47.1 Å². The van der Waals surface area contributed by atoms with Crippen molar-refractivity contribution in [3.63, 3.8) is 0 Å². The van der Waals surface area contributed by atoms with Gasteiger partial charge in [0.25, 0.3) is 11.8 Å². The molecule has 2 unspecified atom stereocenters. The fourth-order valence-electron chi connectivity index (χ4n) is 4.20. The zero-order chi connectivity index (χ0) is 26.5. The number of rotatable bonds is 5. The fraction of sp³-hybridized carbons (Fsp3) is 0.273. The molecular weight excluding hydrogens is 487 g/mol. The summed E-state index contributed by atoms with van der Waals surface area (Å²) in [6.45, 7) is 0.0268. The summed E-state index contributed by atoms with van der Waals surface area (Å²) in [5, 5.41) is 2.08. The average Bonchev–Trinajstić information content (AvgIpc) is 3.16. The number of alkyl halides is 2. The van der Waals surface area contributed by atoms with Crippen molar-refractivity contribution < 1.29 is 28.0 Å². The van der Waals surface area contributed by atoms with Crippen molar-refractivity contribution in [2.45, 2.75) is 37.3 Å². The Kier molecular flexibility index (Phi) is 6.81. The van der Waals surface area contributed by atoms with Crippen LogP contribution in [-0.4, -0.2) is 70.9 Å². The second-order valence-corrected chi connectivity index (χ2v) is 8.89. The summed E-state index contributed by atoms with van der Waals surface area (Å²) in [5.74, 6) is -8.87. The molecule has 174 valence electrons. The summed E-state index contributed by atoms with van der Waals surface area (Å²) >= 11 is 5.80. The van der Waals surface area contributed by atoms with Crippen molar-refractivity contribution in [1.29, 1.82) is 0 Å². The Bertz CT molecular complexity index is 1290. The zero-order valence-electron chi connectivity index (χ0n) is 18.6. The van der Waals surface area contributed by atoms with Crippen molar-refractivity contribution in [2.24, 2.45) is 0 Å². The van der Waals surface area contributed by atoms with E-state index >= 15 is 0 Å². The number of piperidine rings is 1. The molecule has 2 heterocycles. The average molecular weight is 501 g/mol. The topological polar surface area (TPSA) is 86.8 Å². The molecule has 1 saturated heterocycles. The van der Waals surface area contributed by atoms with Crippen LogP contribution < -0.4 is 16.2 Å². The fourth-order valence-corrected chi connectivity index (χ4v) is 4.31. The molecule has 0 spiro atoms. The number of nitrogens with zero attached hydrogens (tertiary/aromatic N) is 2. The first-order valence-corrected chi connectivity index (χ1v) is 11.0. The van der Waals surface area contributed by atoms with Gasteiger partial charge in [0.1, 0.15) is 29.6 Å². The molecule has 2 aromatic rings. The highest BCUT2D eigenvalue weighted by Gasteiger charge is 2.44. The number of nitrogens with one attached hydrogen (secondary N) is 1. The highest BCUT2D eigenvalue weighted by molar-refractivity contribution is 6.52. The molecule has 4 amide bonds. The van der Waals surface area contributed by atoms with Gasteiger partial charge in [0.05, 0.1) is 0 Å². The van der Waals surface area contributed by atoms with Gasteiger partial charge in [-0.05, 0) is 23.6 Å². The molecule has 36 heavy (non-hydrogen) atoms. The maximum absolute atomic E-state index is 15.0. The van der Waals surface area contributed by atoms with Crippen LogP contribution in [0.1, 0.15) is 45.8 Å². The van der Waals surface area contributed by atoms with Gasteiger partial charge in [0.2, 0.25) is 19.8 Å². The van der Waals surface area contributed by atoms with E-state index in [2.05, 4.69) is 5.32 Å². The van der Waals surface area contributed by atoms with E-state index in [1.807, 2.05) is 0 Å². The molecule has 2 aromatic carbocycles. The summed E-state index contributed by atoms with van der Waals surface area (Å²) in [6, 6.07) is 5.05. The number of fused-ring (bicyclic) bond motifs is 1. The predicted molar refractivity (Wildman–Crippen MR) is 130 cm³/mol. The molecule has 0 aromatic heterocycles. The molecule has 2 aliphatic heterocycles. The molecule has 0 bridgehead atoms. The van der Waals surface area contributed by atoms with E-state index in [9.17, 15) is 28.0 Å². The monoisotopic (exact) mass is 501 g/mol. The molecule has 1 fully saturated rings. The maximum Gasteiger partial charge on any atom is 0.348 e. The van der Waals surface area contributed by atoms with E-state index in [1.54, 1.807) is 0 Å². The Labute approximate surface area is 215 Å². The summed E-state index contributed by atoms with van der Waals surface area (Å²) in [6.07, 6.45) is 0.271. The second-order valence-electron chi connectivity index (χ2n) is 8.52. The van der Waals surface area contributed by atoms with Crippen LogP contribution in [0.4, 0.5) is 8.78 Å². The van der Waals surface area contributed by atoms with Gasteiger partial charge >= 0.3 is 5.92 Å². The zero-order valence-corrected chi connectivity index (χ0v) is 19.4. The molecule has 2 atom stereocenters. The Balaban J connectivity index is 1.54. The minimum Gasteiger partial charge on any atom is -0.393 e. The number of halogens is 3. The van der Waals surface area contributed by atoms with Gasteiger partial charge in [-0.1, -0.05) is 46.8 Å². The normalized spacial score (nSPS) is 18.6. The first-order chi connectivity index (χ1) is 16.8. The van der Waals surface area contributed by atoms with E-state index in [4.69, 9.17) is 43.1 Å². The van der Waals surface area contributed by atoms with Crippen LogP contribution in [0.3, 0.4) is 0 Å². The van der Waals surface area contributed by atoms with Crippen molar-refractivity contribution in [1.82, 2.24) is 15.0 Å². The molecule has 2 aliphatic rings. The Morgan fingerprint density at radius 2 is 1.81 bits per heavy atom. The molecule has 4 rings (SSSR count). The number of hydrogen-bond donors (Lipinski definition) is 1. The van der Waals surface area contributed by atoms with E-state index in [1.165, 1.54) is 23.1 Å². The predicted octanol–water partition coefficient (Wildman–Crippen LogP) is -0.440. The lowest BCUT2D eigenvalue weighted by Crippen LogP contribution is -2.52. The van der Waals surface area contributed by atoms with Crippen LogP contribution in [0, 0.1) is 0 Å². The van der Waals surface area contributed by atoms with E-state index in [0.717, 1.165) is 12.1 Å². The van der Waals surface area contributed by atoms with Gasteiger partial charge in [-0.2, -0.15) is 8.78 Å². The molecular formula is C22H14B4ClF2N3O4. The Hall–Kier alpha value is -3.07. The highest BCUT2D eigenvalue weighted by atomic mass is 35.5. The van der Waals surface area contributed by atoms with Gasteiger partial charge in [-0.15, -0.1) is 0 Å². The Morgan fingerprint density at radius 1 is 1.17 bits per heavy atom. The Morgan fingerprint density at radius 3 is 2.42 bits per heavy atom. The van der Waals surface area contributed by atoms with Crippen molar-refractivity contribution in [3.8, 4) is 0 Å². The standard InChI is InChI=1S/C22H14B4ClF2N3O4/c23-13-6-11(7-14(24)17(13)27)22(28,29)21(36)32(26)18(25)9-1-2-12-10(5-9)8-31(20(12)35)15-3-4-16(33)30-19(15)34/h1-2,5-7,15,18H,3-4,8H2,(H,30,33,34). The molecule has 0 aliphatic carbocycles. The van der Waals surface area contributed by atoms with Gasteiger partial charge in [-0.25, -0.2) is 0 Å². The third-order valence-corrected chi connectivity index (χ3v) is 6.62. The lowest BCUT2D eigenvalue weighted by molar-refractivity contribution is -0.154. The first kappa shape index (κ1) is 26.0. The third kappa shape index (κ3) is 4.45. The molecule has 14 heteroatoms. The smallest absolute Gasteiger partial charge is 0.348 e. The number of hydrogen-bond acceptors (Lipinski definition) is 4. The van der Waals surface area contributed by atoms with Crippen LogP contribution in [0.2, 0.25) is 5.02 Å². The second kappa shape index (κ2) is 9.42. The van der Waals surface area contributed by atoms with Crippen molar-refractivity contribution >= 4 is 77.7 Å². The lowest BCUT2D eigenvalue weighted by Gasteiger charge is -2.31. The SMILES string of the molecule is [B]c1cc(C(F)(F)C(=O)N([B])C([B])c2ccc3c(c2)CN(C2CCC(=O)NC2=O)C3=O)cc([B])c1Cl.